The van der Waals surface area contributed by atoms with Gasteiger partial charge in [0.1, 0.15) is 0 Å². The normalized spacial score (nSPS) is 21.8. The van der Waals surface area contributed by atoms with Gasteiger partial charge in [0.05, 0.1) is 6.10 Å². The van der Waals surface area contributed by atoms with Crippen molar-refractivity contribution in [2.24, 2.45) is 0 Å². The van der Waals surface area contributed by atoms with Gasteiger partial charge in [0, 0.05) is 31.9 Å². The molecule has 1 radical (unpaired) electrons. The first-order valence-electron chi connectivity index (χ1n) is 5.45. The van der Waals surface area contributed by atoms with E-state index in [2.05, 4.69) is 16.3 Å². The fraction of sp³-hybridized carbons (Fsp3) is 0.500. The third kappa shape index (κ3) is 3.22. The molecule has 0 spiro atoms. The van der Waals surface area contributed by atoms with Crippen LogP contribution in [-0.4, -0.2) is 42.3 Å². The van der Waals surface area contributed by atoms with Crippen molar-refractivity contribution in [2.45, 2.75) is 12.5 Å². The second-order valence-corrected chi connectivity index (χ2v) is 3.96. The molecule has 81 valence electrons. The number of hydrogen-bond donors (Lipinski definition) is 2. The highest BCUT2D eigenvalue weighted by Gasteiger charge is 2.18. The molecule has 1 aromatic rings. The Kier molecular flexibility index (Phi) is 3.59. The van der Waals surface area contributed by atoms with E-state index in [1.807, 2.05) is 24.3 Å². The molecule has 1 fully saturated rings. The molecule has 1 aliphatic heterocycles. The summed E-state index contributed by atoms with van der Waals surface area (Å²) in [5.74, 6) is 0. The van der Waals surface area contributed by atoms with E-state index in [0.717, 1.165) is 38.3 Å². The number of nitrogens with zero attached hydrogens (tertiary/aromatic N) is 1. The zero-order chi connectivity index (χ0) is 10.5. The van der Waals surface area contributed by atoms with Gasteiger partial charge in [-0.3, -0.25) is 4.90 Å². The number of aliphatic hydroxyl groups excluding tert-OH is 1. The van der Waals surface area contributed by atoms with Crippen LogP contribution in [-0.2, 0) is 0 Å². The number of anilines is 1. The minimum atomic E-state index is -0.116. The average molecular weight is 205 g/mol. The van der Waals surface area contributed by atoms with Crippen molar-refractivity contribution in [1.82, 2.24) is 4.90 Å². The van der Waals surface area contributed by atoms with Gasteiger partial charge in [-0.2, -0.15) is 0 Å². The fourth-order valence-corrected chi connectivity index (χ4v) is 1.88. The molecule has 1 aliphatic rings. The number of β-amino-alcohol motifs (C(OH)–C–C–N with tert-alkyl or cyclic N) is 1. The molecule has 15 heavy (non-hydrogen) atoms. The lowest BCUT2D eigenvalue weighted by Gasteiger charge is -2.15. The molecule has 1 atom stereocenters. The second kappa shape index (κ2) is 5.14. The molecule has 3 nitrogen and oxygen atoms in total. The number of aliphatic hydroxyl groups is 1. The Bertz CT molecular complexity index is 289. The Morgan fingerprint density at radius 1 is 1.60 bits per heavy atom. The van der Waals surface area contributed by atoms with E-state index < -0.39 is 0 Å². The molecule has 0 bridgehead atoms. The lowest BCUT2D eigenvalue weighted by Crippen LogP contribution is -2.27. The van der Waals surface area contributed by atoms with E-state index in [1.54, 1.807) is 0 Å². The molecular weight excluding hydrogens is 188 g/mol. The summed E-state index contributed by atoms with van der Waals surface area (Å²) >= 11 is 0. The number of nitrogens with one attached hydrogen (secondary N) is 1. The number of benzene rings is 1. The van der Waals surface area contributed by atoms with Crippen molar-refractivity contribution in [2.75, 3.05) is 31.5 Å². The first-order valence-corrected chi connectivity index (χ1v) is 5.45. The molecule has 1 aromatic carbocycles. The first kappa shape index (κ1) is 10.5. The average Bonchev–Trinajstić information content (AvgIpc) is 2.66. The van der Waals surface area contributed by atoms with Crippen LogP contribution in [0.3, 0.4) is 0 Å². The highest BCUT2D eigenvalue weighted by atomic mass is 16.3. The van der Waals surface area contributed by atoms with Gasteiger partial charge in [0.25, 0.3) is 0 Å². The van der Waals surface area contributed by atoms with E-state index in [9.17, 15) is 5.11 Å². The number of likely N-dealkylation sites (tertiary alicyclic amines) is 1. The molecule has 0 amide bonds. The third-order valence-corrected chi connectivity index (χ3v) is 2.71. The molecule has 2 rings (SSSR count). The van der Waals surface area contributed by atoms with Crippen LogP contribution in [0.1, 0.15) is 6.42 Å². The number of rotatable bonds is 4. The minimum Gasteiger partial charge on any atom is -0.392 e. The molecule has 1 heterocycles. The van der Waals surface area contributed by atoms with Crippen molar-refractivity contribution >= 4 is 5.69 Å². The highest BCUT2D eigenvalue weighted by Crippen LogP contribution is 2.08. The van der Waals surface area contributed by atoms with Gasteiger partial charge in [-0.25, -0.2) is 0 Å². The van der Waals surface area contributed by atoms with Crippen LogP contribution in [0, 0.1) is 6.07 Å². The Hall–Kier alpha value is -1.06. The van der Waals surface area contributed by atoms with Crippen molar-refractivity contribution in [3.05, 3.63) is 30.3 Å². The van der Waals surface area contributed by atoms with Gasteiger partial charge in [0.15, 0.2) is 0 Å². The zero-order valence-electron chi connectivity index (χ0n) is 8.82. The topological polar surface area (TPSA) is 35.5 Å². The van der Waals surface area contributed by atoms with E-state index >= 15 is 0 Å². The molecule has 3 heteroatoms. The van der Waals surface area contributed by atoms with Crippen LogP contribution in [0.4, 0.5) is 5.69 Å². The summed E-state index contributed by atoms with van der Waals surface area (Å²) in [6, 6.07) is 10.9. The van der Waals surface area contributed by atoms with Gasteiger partial charge >= 0.3 is 0 Å². The summed E-state index contributed by atoms with van der Waals surface area (Å²) < 4.78 is 0. The fourth-order valence-electron chi connectivity index (χ4n) is 1.88. The Labute approximate surface area is 90.7 Å². The van der Waals surface area contributed by atoms with Gasteiger partial charge in [-0.15, -0.1) is 0 Å². The molecule has 0 saturated carbocycles. The summed E-state index contributed by atoms with van der Waals surface area (Å²) in [4.78, 5) is 2.28. The van der Waals surface area contributed by atoms with Crippen molar-refractivity contribution in [3.8, 4) is 0 Å². The summed E-state index contributed by atoms with van der Waals surface area (Å²) in [5.41, 5.74) is 1.11. The molecule has 1 saturated heterocycles. The first-order chi connectivity index (χ1) is 7.34. The summed E-state index contributed by atoms with van der Waals surface area (Å²) in [5, 5.41) is 12.7. The Morgan fingerprint density at radius 3 is 3.20 bits per heavy atom. The van der Waals surface area contributed by atoms with E-state index in [0.29, 0.717) is 0 Å². The molecule has 0 aromatic heterocycles. The highest BCUT2D eigenvalue weighted by molar-refractivity contribution is 5.41. The maximum Gasteiger partial charge on any atom is 0.0679 e. The predicted molar refractivity (Wildman–Crippen MR) is 60.8 cm³/mol. The van der Waals surface area contributed by atoms with Gasteiger partial charge in [-0.05, 0) is 24.6 Å². The van der Waals surface area contributed by atoms with E-state index in [-0.39, 0.29) is 6.10 Å². The standard InChI is InChI=1S/C12H17N2O/c15-12-6-8-14(10-12)9-7-13-11-4-2-1-3-5-11/h1-2,4-5,12-13,15H,6-10H2/t12-/m0/s1. The van der Waals surface area contributed by atoms with Crippen LogP contribution in [0.5, 0.6) is 0 Å². The maximum absolute atomic E-state index is 9.35. The van der Waals surface area contributed by atoms with E-state index in [1.165, 1.54) is 0 Å². The predicted octanol–water partition coefficient (Wildman–Crippen LogP) is 0.965. The lowest BCUT2D eigenvalue weighted by atomic mass is 10.3. The third-order valence-electron chi connectivity index (χ3n) is 2.71. The molecule has 0 unspecified atom stereocenters. The minimum absolute atomic E-state index is 0.116. The SMILES string of the molecule is O[C@H]1CCN(CCNc2c[c]ccc2)C1. The second-order valence-electron chi connectivity index (χ2n) is 3.96. The van der Waals surface area contributed by atoms with Crippen LogP contribution in [0.2, 0.25) is 0 Å². The van der Waals surface area contributed by atoms with E-state index in [4.69, 9.17) is 0 Å². The monoisotopic (exact) mass is 205 g/mol. The largest absolute Gasteiger partial charge is 0.392 e. The molecule has 2 N–H and O–H groups in total. The maximum atomic E-state index is 9.35. The van der Waals surface area contributed by atoms with Crippen LogP contribution < -0.4 is 5.32 Å². The van der Waals surface area contributed by atoms with Crippen molar-refractivity contribution in [1.29, 1.82) is 0 Å². The van der Waals surface area contributed by atoms with Crippen molar-refractivity contribution in [3.63, 3.8) is 0 Å². The Morgan fingerprint density at radius 2 is 2.53 bits per heavy atom. The van der Waals surface area contributed by atoms with Crippen LogP contribution in [0.15, 0.2) is 24.3 Å². The Balaban J connectivity index is 1.67. The summed E-state index contributed by atoms with van der Waals surface area (Å²) in [6.45, 7) is 3.75. The lowest BCUT2D eigenvalue weighted by molar-refractivity contribution is 0.177. The molecular formula is C12H17N2O. The van der Waals surface area contributed by atoms with Gasteiger partial charge in [0.2, 0.25) is 0 Å². The van der Waals surface area contributed by atoms with Crippen molar-refractivity contribution < 1.29 is 5.11 Å². The quantitative estimate of drug-likeness (QED) is 0.768. The van der Waals surface area contributed by atoms with Gasteiger partial charge in [-0.1, -0.05) is 12.1 Å². The molecule has 0 aliphatic carbocycles. The van der Waals surface area contributed by atoms with Gasteiger partial charge < -0.3 is 10.4 Å². The zero-order valence-corrected chi connectivity index (χ0v) is 8.82. The summed E-state index contributed by atoms with van der Waals surface area (Å²) in [7, 11) is 0. The van der Waals surface area contributed by atoms with Crippen LogP contribution >= 0.6 is 0 Å². The smallest absolute Gasteiger partial charge is 0.0679 e. The van der Waals surface area contributed by atoms with Crippen LogP contribution in [0.25, 0.3) is 0 Å². The summed E-state index contributed by atoms with van der Waals surface area (Å²) in [6.07, 6.45) is 0.800. The number of hydrogen-bond acceptors (Lipinski definition) is 3.